The van der Waals surface area contributed by atoms with E-state index in [4.69, 9.17) is 0 Å². The lowest BCUT2D eigenvalue weighted by molar-refractivity contribution is -0.136. The van der Waals surface area contributed by atoms with Crippen LogP contribution in [0.25, 0.3) is 0 Å². The van der Waals surface area contributed by atoms with Gasteiger partial charge < -0.3 is 9.80 Å². The van der Waals surface area contributed by atoms with E-state index in [0.29, 0.717) is 45.7 Å². The number of carbonyl (C=O) groups is 2. The van der Waals surface area contributed by atoms with Crippen LogP contribution < -0.4 is 0 Å². The third-order valence-electron chi connectivity index (χ3n) is 6.65. The third kappa shape index (κ3) is 4.01. The maximum absolute atomic E-state index is 13.1. The molecule has 2 saturated carbocycles. The average Bonchev–Trinajstić information content (AvgIpc) is 3.41. The molecule has 1 atom stereocenters. The third-order valence-corrected chi connectivity index (χ3v) is 8.96. The molecule has 4 rings (SSSR count). The van der Waals surface area contributed by atoms with Crippen molar-refractivity contribution in [3.8, 4) is 0 Å². The standard InChI is InChI=1S/C19H31N3O4S/c23-18(16-7-8-16)20-10-12-22(13-11-20)27(25,26)17-6-3-9-21(14-17)19(24)15-4-1-2-5-15/h15-17H,1-14H2/t17-/m0/s1. The Labute approximate surface area is 162 Å². The minimum atomic E-state index is -3.43. The Hall–Kier alpha value is -1.15. The van der Waals surface area contributed by atoms with Crippen molar-refractivity contribution in [1.29, 1.82) is 0 Å². The van der Waals surface area contributed by atoms with E-state index in [-0.39, 0.29) is 23.7 Å². The summed E-state index contributed by atoms with van der Waals surface area (Å²) in [5.41, 5.74) is 0. The quantitative estimate of drug-likeness (QED) is 0.710. The molecule has 0 N–H and O–H groups in total. The summed E-state index contributed by atoms with van der Waals surface area (Å²) in [6.45, 7) is 2.77. The number of hydrogen-bond acceptors (Lipinski definition) is 4. The summed E-state index contributed by atoms with van der Waals surface area (Å²) >= 11 is 0. The van der Waals surface area contributed by atoms with E-state index in [2.05, 4.69) is 0 Å². The molecule has 8 heteroatoms. The number of piperidine rings is 1. The van der Waals surface area contributed by atoms with Crippen molar-refractivity contribution < 1.29 is 18.0 Å². The smallest absolute Gasteiger partial charge is 0.225 e. The van der Waals surface area contributed by atoms with Crippen LogP contribution in [0.2, 0.25) is 0 Å². The summed E-state index contributed by atoms with van der Waals surface area (Å²) in [6.07, 6.45) is 7.44. The Balaban J connectivity index is 1.35. The lowest BCUT2D eigenvalue weighted by Gasteiger charge is -2.39. The SMILES string of the molecule is O=C(C1CC1)N1CCN(S(=O)(=O)[C@H]2CCCN(C(=O)C3CCCC3)C2)CC1. The largest absolute Gasteiger partial charge is 0.341 e. The van der Waals surface area contributed by atoms with Gasteiger partial charge in [0, 0.05) is 51.1 Å². The number of likely N-dealkylation sites (tertiary alicyclic amines) is 1. The van der Waals surface area contributed by atoms with Gasteiger partial charge in [0.25, 0.3) is 0 Å². The van der Waals surface area contributed by atoms with Crippen molar-refractivity contribution in [2.45, 2.75) is 56.6 Å². The monoisotopic (exact) mass is 397 g/mol. The summed E-state index contributed by atoms with van der Waals surface area (Å²) in [6, 6.07) is 0. The van der Waals surface area contributed by atoms with E-state index in [1.54, 1.807) is 9.21 Å². The molecule has 2 aliphatic carbocycles. The first kappa shape index (κ1) is 19.2. The number of carbonyl (C=O) groups excluding carboxylic acids is 2. The summed E-state index contributed by atoms with van der Waals surface area (Å²) in [7, 11) is -3.43. The molecular formula is C19H31N3O4S. The zero-order valence-electron chi connectivity index (χ0n) is 16.0. The van der Waals surface area contributed by atoms with Crippen LogP contribution in [0, 0.1) is 11.8 Å². The second kappa shape index (κ2) is 7.70. The Kier molecular flexibility index (Phi) is 5.47. The van der Waals surface area contributed by atoms with E-state index in [1.807, 2.05) is 4.90 Å². The van der Waals surface area contributed by atoms with Gasteiger partial charge in [-0.15, -0.1) is 0 Å². The van der Waals surface area contributed by atoms with E-state index >= 15 is 0 Å². The molecule has 2 saturated heterocycles. The van der Waals surface area contributed by atoms with Crippen LogP contribution in [0.5, 0.6) is 0 Å². The fraction of sp³-hybridized carbons (Fsp3) is 0.895. The van der Waals surface area contributed by atoms with Gasteiger partial charge in [0.1, 0.15) is 0 Å². The summed E-state index contributed by atoms with van der Waals surface area (Å²) in [5, 5.41) is -0.498. The number of piperazine rings is 1. The van der Waals surface area contributed by atoms with Gasteiger partial charge in [0.05, 0.1) is 5.25 Å². The topological polar surface area (TPSA) is 78.0 Å². The van der Waals surface area contributed by atoms with Crippen LogP contribution >= 0.6 is 0 Å². The van der Waals surface area contributed by atoms with Gasteiger partial charge in [0.2, 0.25) is 21.8 Å². The summed E-state index contributed by atoms with van der Waals surface area (Å²) < 4.78 is 27.8. The molecule has 0 aromatic rings. The highest BCUT2D eigenvalue weighted by Gasteiger charge is 2.41. The Morgan fingerprint density at radius 1 is 0.667 bits per heavy atom. The molecule has 7 nitrogen and oxygen atoms in total. The second-order valence-corrected chi connectivity index (χ2v) is 10.8. The van der Waals surface area contributed by atoms with Gasteiger partial charge in [-0.2, -0.15) is 4.31 Å². The number of amides is 2. The van der Waals surface area contributed by atoms with Crippen molar-refractivity contribution in [3.05, 3.63) is 0 Å². The minimum absolute atomic E-state index is 0.100. The highest BCUT2D eigenvalue weighted by molar-refractivity contribution is 7.89. The number of sulfonamides is 1. The van der Waals surface area contributed by atoms with Crippen LogP contribution in [-0.2, 0) is 19.6 Å². The van der Waals surface area contributed by atoms with E-state index in [0.717, 1.165) is 44.9 Å². The van der Waals surface area contributed by atoms with Crippen LogP contribution in [0.4, 0.5) is 0 Å². The highest BCUT2D eigenvalue weighted by atomic mass is 32.2. The van der Waals surface area contributed by atoms with Gasteiger partial charge >= 0.3 is 0 Å². The van der Waals surface area contributed by atoms with Gasteiger partial charge in [0.15, 0.2) is 0 Å². The molecular weight excluding hydrogens is 366 g/mol. The number of nitrogens with zero attached hydrogens (tertiary/aromatic N) is 3. The van der Waals surface area contributed by atoms with Crippen LogP contribution in [0.1, 0.15) is 51.4 Å². The molecule has 4 fully saturated rings. The molecule has 0 aromatic carbocycles. The first-order chi connectivity index (χ1) is 13.0. The fourth-order valence-electron chi connectivity index (χ4n) is 4.77. The van der Waals surface area contributed by atoms with Crippen molar-refractivity contribution in [1.82, 2.24) is 14.1 Å². The maximum atomic E-state index is 13.1. The average molecular weight is 398 g/mol. The summed E-state index contributed by atoms with van der Waals surface area (Å²) in [4.78, 5) is 28.5. The van der Waals surface area contributed by atoms with Crippen molar-refractivity contribution in [2.24, 2.45) is 11.8 Å². The maximum Gasteiger partial charge on any atom is 0.225 e. The lowest BCUT2D eigenvalue weighted by Crippen LogP contribution is -2.55. The van der Waals surface area contributed by atoms with E-state index < -0.39 is 15.3 Å². The zero-order valence-corrected chi connectivity index (χ0v) is 16.8. The highest BCUT2D eigenvalue weighted by Crippen LogP contribution is 2.32. The lowest BCUT2D eigenvalue weighted by atomic mass is 10.0. The predicted octanol–water partition coefficient (Wildman–Crippen LogP) is 1.05. The van der Waals surface area contributed by atoms with Crippen LogP contribution in [0.15, 0.2) is 0 Å². The van der Waals surface area contributed by atoms with Gasteiger partial charge in [-0.1, -0.05) is 12.8 Å². The molecule has 0 bridgehead atoms. The van der Waals surface area contributed by atoms with Gasteiger partial charge in [-0.05, 0) is 38.5 Å². The molecule has 2 aliphatic heterocycles. The fourth-order valence-corrected chi connectivity index (χ4v) is 6.70. The molecule has 2 amide bonds. The van der Waals surface area contributed by atoms with Crippen LogP contribution in [-0.4, -0.2) is 78.9 Å². The molecule has 0 aromatic heterocycles. The molecule has 152 valence electrons. The molecule has 2 heterocycles. The van der Waals surface area contributed by atoms with Gasteiger partial charge in [-0.25, -0.2) is 8.42 Å². The summed E-state index contributed by atoms with van der Waals surface area (Å²) in [5.74, 6) is 0.635. The molecule has 0 unspecified atom stereocenters. The Bertz CT molecular complexity index is 677. The molecule has 4 aliphatic rings. The molecule has 0 radical (unpaired) electrons. The first-order valence-electron chi connectivity index (χ1n) is 10.5. The molecule has 27 heavy (non-hydrogen) atoms. The Morgan fingerprint density at radius 2 is 1.26 bits per heavy atom. The van der Waals surface area contributed by atoms with Crippen molar-refractivity contribution >= 4 is 21.8 Å². The number of hydrogen-bond donors (Lipinski definition) is 0. The van der Waals surface area contributed by atoms with E-state index in [9.17, 15) is 18.0 Å². The van der Waals surface area contributed by atoms with Crippen molar-refractivity contribution in [2.75, 3.05) is 39.3 Å². The van der Waals surface area contributed by atoms with Crippen LogP contribution in [0.3, 0.4) is 0 Å². The minimum Gasteiger partial charge on any atom is -0.341 e. The second-order valence-electron chi connectivity index (χ2n) is 8.57. The predicted molar refractivity (Wildman–Crippen MR) is 101 cm³/mol. The molecule has 0 spiro atoms. The van der Waals surface area contributed by atoms with Gasteiger partial charge in [-0.3, -0.25) is 9.59 Å². The normalized spacial score (nSPS) is 28.5. The van der Waals surface area contributed by atoms with Crippen molar-refractivity contribution in [3.63, 3.8) is 0 Å². The Morgan fingerprint density at radius 3 is 1.89 bits per heavy atom. The first-order valence-corrected chi connectivity index (χ1v) is 12.0. The number of rotatable bonds is 4. The van der Waals surface area contributed by atoms with E-state index in [1.165, 1.54) is 0 Å². The zero-order chi connectivity index (χ0) is 19.0.